The van der Waals surface area contributed by atoms with Gasteiger partial charge in [-0.05, 0) is 48.0 Å². The fourth-order valence-corrected chi connectivity index (χ4v) is 4.17. The predicted octanol–water partition coefficient (Wildman–Crippen LogP) is 5.53. The van der Waals surface area contributed by atoms with Gasteiger partial charge in [0.05, 0.1) is 21.3 Å². The van der Waals surface area contributed by atoms with Crippen molar-refractivity contribution in [1.29, 1.82) is 0 Å². The summed E-state index contributed by atoms with van der Waals surface area (Å²) in [5.74, 6) is 1.51. The van der Waals surface area contributed by atoms with E-state index in [0.717, 1.165) is 17.3 Å². The first-order valence-electron chi connectivity index (χ1n) is 9.92. The molecule has 0 radical (unpaired) electrons. The van der Waals surface area contributed by atoms with Gasteiger partial charge in [-0.15, -0.1) is 10.2 Å². The molecule has 0 saturated heterocycles. The van der Waals surface area contributed by atoms with Gasteiger partial charge in [0.2, 0.25) is 0 Å². The van der Waals surface area contributed by atoms with Gasteiger partial charge in [-0.25, -0.2) is 8.78 Å². The average Bonchev–Trinajstić information content (AvgIpc) is 3.27. The number of nitrogens with zero attached hydrogens (tertiary/aromatic N) is 3. The molecule has 3 aromatic carbocycles. The molecule has 9 heteroatoms. The zero-order chi connectivity index (χ0) is 23.4. The fourth-order valence-electron chi connectivity index (χ4n) is 3.23. The van der Waals surface area contributed by atoms with Crippen LogP contribution < -0.4 is 14.2 Å². The Balaban J connectivity index is 1.78. The molecule has 0 unspecified atom stereocenters. The van der Waals surface area contributed by atoms with Crippen LogP contribution in [0.3, 0.4) is 0 Å². The van der Waals surface area contributed by atoms with Crippen LogP contribution in [0.1, 0.15) is 5.56 Å². The Hall–Kier alpha value is -3.59. The summed E-state index contributed by atoms with van der Waals surface area (Å²) in [6, 6.07) is 16.4. The third kappa shape index (κ3) is 4.93. The molecule has 1 heterocycles. The molecule has 0 saturated carbocycles. The molecule has 1 aromatic heterocycles. The van der Waals surface area contributed by atoms with Crippen LogP contribution in [0.4, 0.5) is 8.78 Å². The zero-order valence-corrected chi connectivity index (χ0v) is 19.0. The molecule has 4 rings (SSSR count). The lowest BCUT2D eigenvalue weighted by atomic mass is 10.1. The van der Waals surface area contributed by atoms with Crippen molar-refractivity contribution in [1.82, 2.24) is 14.8 Å². The largest absolute Gasteiger partial charge is 0.497 e. The molecule has 0 bridgehead atoms. The maximum absolute atomic E-state index is 14.2. The topological polar surface area (TPSA) is 58.4 Å². The highest BCUT2D eigenvalue weighted by molar-refractivity contribution is 7.98. The normalized spacial score (nSPS) is 10.8. The van der Waals surface area contributed by atoms with Crippen molar-refractivity contribution in [2.24, 2.45) is 0 Å². The second kappa shape index (κ2) is 9.91. The zero-order valence-electron chi connectivity index (χ0n) is 18.2. The molecule has 33 heavy (non-hydrogen) atoms. The van der Waals surface area contributed by atoms with Crippen molar-refractivity contribution in [3.05, 3.63) is 77.9 Å². The van der Waals surface area contributed by atoms with Gasteiger partial charge in [0.15, 0.2) is 11.0 Å². The molecule has 6 nitrogen and oxygen atoms in total. The molecule has 0 spiro atoms. The SMILES string of the molecule is COc1ccc(-n2c(SCc3ccc(F)cc3F)nnc2-c2cc(OC)cc(OC)c2)cc1. The standard InChI is InChI=1S/C24H21F2N3O3S/c1-30-19-8-6-18(7-9-19)29-23(16-10-20(31-2)13-21(11-16)32-3)27-28-24(29)33-14-15-4-5-17(25)12-22(15)26/h4-13H,14H2,1-3H3. The molecule has 0 N–H and O–H groups in total. The number of rotatable bonds is 8. The second-order valence-electron chi connectivity index (χ2n) is 6.97. The molecule has 0 atom stereocenters. The summed E-state index contributed by atoms with van der Waals surface area (Å²) in [4.78, 5) is 0. The van der Waals surface area contributed by atoms with Gasteiger partial charge < -0.3 is 14.2 Å². The van der Waals surface area contributed by atoms with E-state index in [0.29, 0.717) is 33.8 Å². The minimum absolute atomic E-state index is 0.252. The lowest BCUT2D eigenvalue weighted by Crippen LogP contribution is -2.01. The summed E-state index contributed by atoms with van der Waals surface area (Å²) in [5, 5.41) is 9.29. The number of aromatic nitrogens is 3. The molecule has 0 aliphatic carbocycles. The van der Waals surface area contributed by atoms with Crippen LogP contribution in [0.15, 0.2) is 65.8 Å². The van der Waals surface area contributed by atoms with Crippen molar-refractivity contribution in [3.63, 3.8) is 0 Å². The number of methoxy groups -OCH3 is 3. The van der Waals surface area contributed by atoms with Crippen LogP contribution in [0.2, 0.25) is 0 Å². The molecule has 4 aromatic rings. The Morgan fingerprint density at radius 3 is 2.06 bits per heavy atom. The maximum atomic E-state index is 14.2. The van der Waals surface area contributed by atoms with Crippen molar-refractivity contribution in [3.8, 4) is 34.3 Å². The highest BCUT2D eigenvalue weighted by Crippen LogP contribution is 2.34. The Morgan fingerprint density at radius 2 is 1.45 bits per heavy atom. The molecular weight excluding hydrogens is 448 g/mol. The third-order valence-electron chi connectivity index (χ3n) is 4.95. The molecule has 0 aliphatic heterocycles. The lowest BCUT2D eigenvalue weighted by Gasteiger charge is -2.13. The van der Waals surface area contributed by atoms with Gasteiger partial charge in [-0.2, -0.15) is 0 Å². The van der Waals surface area contributed by atoms with Crippen molar-refractivity contribution in [2.75, 3.05) is 21.3 Å². The van der Waals surface area contributed by atoms with E-state index in [1.165, 1.54) is 23.9 Å². The summed E-state index contributed by atoms with van der Waals surface area (Å²) in [6.07, 6.45) is 0. The van der Waals surface area contributed by atoms with E-state index in [2.05, 4.69) is 10.2 Å². The number of hydrogen-bond donors (Lipinski definition) is 0. The van der Waals surface area contributed by atoms with E-state index in [4.69, 9.17) is 14.2 Å². The maximum Gasteiger partial charge on any atom is 0.196 e. The highest BCUT2D eigenvalue weighted by Gasteiger charge is 2.19. The van der Waals surface area contributed by atoms with Crippen LogP contribution >= 0.6 is 11.8 Å². The summed E-state index contributed by atoms with van der Waals surface area (Å²) < 4.78 is 45.4. The van der Waals surface area contributed by atoms with Gasteiger partial charge in [0, 0.05) is 29.1 Å². The monoisotopic (exact) mass is 469 g/mol. The quantitative estimate of drug-likeness (QED) is 0.316. The van der Waals surface area contributed by atoms with E-state index in [9.17, 15) is 8.78 Å². The van der Waals surface area contributed by atoms with Crippen LogP contribution in [-0.2, 0) is 5.75 Å². The minimum atomic E-state index is -0.614. The van der Waals surface area contributed by atoms with Crippen LogP contribution in [-0.4, -0.2) is 36.1 Å². The smallest absolute Gasteiger partial charge is 0.196 e. The molecule has 0 fully saturated rings. The molecule has 0 amide bonds. The summed E-state index contributed by atoms with van der Waals surface area (Å²) >= 11 is 1.29. The number of halogens is 2. The predicted molar refractivity (Wildman–Crippen MR) is 122 cm³/mol. The van der Waals surface area contributed by atoms with E-state index in [-0.39, 0.29) is 5.75 Å². The van der Waals surface area contributed by atoms with Gasteiger partial charge in [-0.3, -0.25) is 4.57 Å². The molecule has 0 aliphatic rings. The minimum Gasteiger partial charge on any atom is -0.497 e. The molecular formula is C24H21F2N3O3S. The second-order valence-corrected chi connectivity index (χ2v) is 7.91. The van der Waals surface area contributed by atoms with Crippen LogP contribution in [0, 0.1) is 11.6 Å². The highest BCUT2D eigenvalue weighted by atomic mass is 32.2. The first-order chi connectivity index (χ1) is 16.0. The van der Waals surface area contributed by atoms with E-state index in [1.54, 1.807) is 27.4 Å². The van der Waals surface area contributed by atoms with Gasteiger partial charge in [0.25, 0.3) is 0 Å². The van der Waals surface area contributed by atoms with Gasteiger partial charge in [0.1, 0.15) is 28.9 Å². The summed E-state index contributed by atoms with van der Waals surface area (Å²) in [6.45, 7) is 0. The first kappa shape index (κ1) is 22.6. The lowest BCUT2D eigenvalue weighted by molar-refractivity contribution is 0.394. The van der Waals surface area contributed by atoms with Crippen LogP contribution in [0.5, 0.6) is 17.2 Å². The Kier molecular flexibility index (Phi) is 6.79. The van der Waals surface area contributed by atoms with Gasteiger partial charge in [-0.1, -0.05) is 17.8 Å². The van der Waals surface area contributed by atoms with Gasteiger partial charge >= 0.3 is 0 Å². The summed E-state index contributed by atoms with van der Waals surface area (Å²) in [7, 11) is 4.75. The number of benzene rings is 3. The third-order valence-corrected chi connectivity index (χ3v) is 5.92. The van der Waals surface area contributed by atoms with E-state index < -0.39 is 11.6 Å². The molecule has 170 valence electrons. The number of ether oxygens (including phenoxy) is 3. The summed E-state index contributed by atoms with van der Waals surface area (Å²) in [5.41, 5.74) is 1.89. The Bertz CT molecular complexity index is 1240. The Morgan fingerprint density at radius 1 is 0.788 bits per heavy atom. The Labute approximate surface area is 194 Å². The van der Waals surface area contributed by atoms with Crippen molar-refractivity contribution >= 4 is 11.8 Å². The first-order valence-corrected chi connectivity index (χ1v) is 10.9. The van der Waals surface area contributed by atoms with Crippen molar-refractivity contribution < 1.29 is 23.0 Å². The van der Waals surface area contributed by atoms with Crippen molar-refractivity contribution in [2.45, 2.75) is 10.9 Å². The average molecular weight is 470 g/mol. The number of thioether (sulfide) groups is 1. The van der Waals surface area contributed by atoms with E-state index >= 15 is 0 Å². The van der Waals surface area contributed by atoms with Crippen LogP contribution in [0.25, 0.3) is 17.1 Å². The fraction of sp³-hybridized carbons (Fsp3) is 0.167. The number of hydrogen-bond acceptors (Lipinski definition) is 6. The van der Waals surface area contributed by atoms with E-state index in [1.807, 2.05) is 41.0 Å².